The Hall–Kier alpha value is -0.650. The molecule has 0 aliphatic heterocycles. The van der Waals surface area contributed by atoms with E-state index < -0.39 is 0 Å². The molecule has 0 fully saturated rings. The first-order valence-corrected chi connectivity index (χ1v) is 4.35. The number of aryl methyl sites for hydroxylation is 2. The highest BCUT2D eigenvalue weighted by atomic mass is 14.0. The maximum atomic E-state index is 5.49. The van der Waals surface area contributed by atoms with E-state index in [1.807, 2.05) is 12.1 Å². The van der Waals surface area contributed by atoms with E-state index in [9.17, 15) is 0 Å². The Kier molecular flexibility index (Phi) is 3.99. The first-order valence-electron chi connectivity index (χ1n) is 4.35. The highest BCUT2D eigenvalue weighted by molar-refractivity contribution is 6.08. The van der Waals surface area contributed by atoms with E-state index in [0.717, 1.165) is 12.8 Å². The van der Waals surface area contributed by atoms with Crippen molar-refractivity contribution in [1.82, 2.24) is 0 Å². The van der Waals surface area contributed by atoms with Crippen molar-refractivity contribution in [2.75, 3.05) is 0 Å². The number of rotatable bonds is 4. The van der Waals surface area contributed by atoms with Gasteiger partial charge in [-0.25, -0.2) is 0 Å². The zero-order chi connectivity index (χ0) is 8.81. The molecular formula is C10H12B2. The first kappa shape index (κ1) is 9.44. The van der Waals surface area contributed by atoms with Crippen LogP contribution >= 0.6 is 0 Å². The van der Waals surface area contributed by atoms with Crippen LogP contribution in [0.1, 0.15) is 11.1 Å². The largest absolute Gasteiger partial charge is 0.0847 e. The maximum Gasteiger partial charge on any atom is 0.0657 e. The van der Waals surface area contributed by atoms with Gasteiger partial charge in [0.15, 0.2) is 0 Å². The molecule has 0 bridgehead atoms. The maximum absolute atomic E-state index is 5.49. The van der Waals surface area contributed by atoms with E-state index in [4.69, 9.17) is 15.7 Å². The van der Waals surface area contributed by atoms with Crippen molar-refractivity contribution in [2.24, 2.45) is 0 Å². The zero-order valence-corrected chi connectivity index (χ0v) is 7.29. The minimum absolute atomic E-state index is 0.710. The predicted octanol–water partition coefficient (Wildman–Crippen LogP) is 1.95. The fourth-order valence-electron chi connectivity index (χ4n) is 1.36. The third-order valence-electron chi connectivity index (χ3n) is 1.95. The summed E-state index contributed by atoms with van der Waals surface area (Å²) in [6.45, 7) is 0. The molecular weight excluding hydrogens is 142 g/mol. The summed E-state index contributed by atoms with van der Waals surface area (Å²) >= 11 is 0. The molecule has 0 saturated heterocycles. The van der Waals surface area contributed by atoms with Crippen molar-refractivity contribution in [3.63, 3.8) is 0 Å². The SMILES string of the molecule is [B]CCc1ccccc1CC[B]. The third-order valence-corrected chi connectivity index (χ3v) is 1.95. The van der Waals surface area contributed by atoms with E-state index in [0.29, 0.717) is 12.6 Å². The van der Waals surface area contributed by atoms with Gasteiger partial charge in [0.1, 0.15) is 0 Å². The molecule has 1 rings (SSSR count). The summed E-state index contributed by atoms with van der Waals surface area (Å²) in [5.41, 5.74) is 2.68. The van der Waals surface area contributed by atoms with Crippen molar-refractivity contribution < 1.29 is 0 Å². The number of benzene rings is 1. The van der Waals surface area contributed by atoms with Crippen molar-refractivity contribution in [2.45, 2.75) is 25.5 Å². The Bertz CT molecular complexity index is 208. The van der Waals surface area contributed by atoms with E-state index in [1.54, 1.807) is 0 Å². The van der Waals surface area contributed by atoms with Gasteiger partial charge in [0.25, 0.3) is 0 Å². The molecule has 0 nitrogen and oxygen atoms in total. The topological polar surface area (TPSA) is 0 Å². The van der Waals surface area contributed by atoms with Crippen LogP contribution in [0.2, 0.25) is 12.6 Å². The minimum Gasteiger partial charge on any atom is -0.0847 e. The Morgan fingerprint density at radius 2 is 1.25 bits per heavy atom. The third kappa shape index (κ3) is 2.44. The highest BCUT2D eigenvalue weighted by Crippen LogP contribution is 2.12. The van der Waals surface area contributed by atoms with Crippen molar-refractivity contribution in [1.29, 1.82) is 0 Å². The lowest BCUT2D eigenvalue weighted by molar-refractivity contribution is 1.03. The van der Waals surface area contributed by atoms with Gasteiger partial charge in [0.05, 0.1) is 15.7 Å². The minimum atomic E-state index is 0.710. The van der Waals surface area contributed by atoms with Gasteiger partial charge < -0.3 is 0 Å². The van der Waals surface area contributed by atoms with Crippen LogP contribution in [0.25, 0.3) is 0 Å². The molecule has 2 heteroatoms. The van der Waals surface area contributed by atoms with Crippen LogP contribution in [0.3, 0.4) is 0 Å². The Balaban J connectivity index is 2.77. The van der Waals surface area contributed by atoms with Crippen LogP contribution in [0.5, 0.6) is 0 Å². The van der Waals surface area contributed by atoms with E-state index in [1.165, 1.54) is 11.1 Å². The summed E-state index contributed by atoms with van der Waals surface area (Å²) in [4.78, 5) is 0. The van der Waals surface area contributed by atoms with Gasteiger partial charge in [-0.15, -0.1) is 0 Å². The fraction of sp³-hybridized carbons (Fsp3) is 0.400. The lowest BCUT2D eigenvalue weighted by Gasteiger charge is -2.06. The summed E-state index contributed by atoms with van der Waals surface area (Å²) in [5, 5.41) is 0. The quantitative estimate of drug-likeness (QED) is 0.581. The zero-order valence-electron chi connectivity index (χ0n) is 7.29. The van der Waals surface area contributed by atoms with Crippen LogP contribution in [0, 0.1) is 0 Å². The Morgan fingerprint density at radius 3 is 1.58 bits per heavy atom. The number of hydrogen-bond donors (Lipinski definition) is 0. The van der Waals surface area contributed by atoms with Gasteiger partial charge in [0.2, 0.25) is 0 Å². The Labute approximate surface area is 77.2 Å². The second-order valence-corrected chi connectivity index (χ2v) is 2.85. The van der Waals surface area contributed by atoms with Crippen LogP contribution in [-0.4, -0.2) is 15.7 Å². The fourth-order valence-corrected chi connectivity index (χ4v) is 1.36. The molecule has 0 atom stereocenters. The van der Waals surface area contributed by atoms with Crippen LogP contribution in [-0.2, 0) is 12.8 Å². The molecule has 0 heterocycles. The molecule has 0 unspecified atom stereocenters. The first-order chi connectivity index (χ1) is 5.88. The van der Waals surface area contributed by atoms with Gasteiger partial charge in [0, 0.05) is 0 Å². The van der Waals surface area contributed by atoms with Crippen molar-refractivity contribution in [3.8, 4) is 0 Å². The van der Waals surface area contributed by atoms with Crippen molar-refractivity contribution in [3.05, 3.63) is 35.4 Å². The van der Waals surface area contributed by atoms with E-state index >= 15 is 0 Å². The second kappa shape index (κ2) is 5.08. The molecule has 1 aromatic carbocycles. The molecule has 0 aromatic heterocycles. The smallest absolute Gasteiger partial charge is 0.0657 e. The average Bonchev–Trinajstić information content (AvgIpc) is 2.09. The van der Waals surface area contributed by atoms with E-state index in [2.05, 4.69) is 12.1 Å². The molecule has 58 valence electrons. The van der Waals surface area contributed by atoms with Gasteiger partial charge >= 0.3 is 0 Å². The van der Waals surface area contributed by atoms with Gasteiger partial charge in [-0.05, 0) is 24.0 Å². The summed E-state index contributed by atoms with van der Waals surface area (Å²) in [7, 11) is 11.0. The second-order valence-electron chi connectivity index (χ2n) is 2.85. The molecule has 4 radical (unpaired) electrons. The standard InChI is InChI=1S/C10H12B2/c11-7-5-9-3-1-2-4-10(9)6-8-12/h1-4H,5-8H2. The lowest BCUT2D eigenvalue weighted by Crippen LogP contribution is -1.93. The molecule has 0 aliphatic carbocycles. The molecule has 0 spiro atoms. The van der Waals surface area contributed by atoms with E-state index in [-0.39, 0.29) is 0 Å². The average molecular weight is 154 g/mol. The van der Waals surface area contributed by atoms with Gasteiger partial charge in [-0.1, -0.05) is 36.9 Å². The highest BCUT2D eigenvalue weighted by Gasteiger charge is 1.97. The molecule has 0 aliphatic rings. The summed E-state index contributed by atoms with van der Waals surface area (Å²) in [6, 6.07) is 8.34. The lowest BCUT2D eigenvalue weighted by atomic mass is 9.90. The van der Waals surface area contributed by atoms with Crippen LogP contribution < -0.4 is 0 Å². The van der Waals surface area contributed by atoms with Crippen LogP contribution in [0.15, 0.2) is 24.3 Å². The number of hydrogen-bond acceptors (Lipinski definition) is 0. The van der Waals surface area contributed by atoms with Crippen LogP contribution in [0.4, 0.5) is 0 Å². The predicted molar refractivity (Wildman–Crippen MR) is 55.0 cm³/mol. The summed E-state index contributed by atoms with van der Waals surface area (Å²) < 4.78 is 0. The van der Waals surface area contributed by atoms with Gasteiger partial charge in [-0.2, -0.15) is 0 Å². The summed E-state index contributed by atoms with van der Waals surface area (Å²) in [5.74, 6) is 0. The molecule has 0 N–H and O–H groups in total. The molecule has 1 aromatic rings. The van der Waals surface area contributed by atoms with Gasteiger partial charge in [-0.3, -0.25) is 0 Å². The normalized spacial score (nSPS) is 10.0. The molecule has 0 amide bonds. The molecule has 12 heavy (non-hydrogen) atoms. The monoisotopic (exact) mass is 154 g/mol. The summed E-state index contributed by atoms with van der Waals surface area (Å²) in [6.07, 6.45) is 3.33. The molecule has 0 saturated carbocycles. The van der Waals surface area contributed by atoms with Crippen molar-refractivity contribution >= 4 is 15.7 Å². The Morgan fingerprint density at radius 1 is 0.833 bits per heavy atom.